The van der Waals surface area contributed by atoms with Gasteiger partial charge in [0, 0.05) is 19.1 Å². The van der Waals surface area contributed by atoms with Gasteiger partial charge in [0.15, 0.2) is 0 Å². The molecule has 0 radical (unpaired) electrons. The molecule has 3 N–H and O–H groups in total. The predicted molar refractivity (Wildman–Crippen MR) is 69.0 cm³/mol. The van der Waals surface area contributed by atoms with Gasteiger partial charge in [0.05, 0.1) is 11.3 Å². The molecular formula is C13H24N2O3. The second-order valence-electron chi connectivity index (χ2n) is 5.49. The summed E-state index contributed by atoms with van der Waals surface area (Å²) in [6, 6.07) is -0.205. The monoisotopic (exact) mass is 256 g/mol. The Hall–Kier alpha value is -1.10. The molecule has 1 fully saturated rings. The quantitative estimate of drug-likeness (QED) is 0.770. The van der Waals surface area contributed by atoms with Crippen molar-refractivity contribution < 1.29 is 14.7 Å². The van der Waals surface area contributed by atoms with Crippen LogP contribution in [0.1, 0.15) is 40.0 Å². The lowest BCUT2D eigenvalue weighted by Crippen LogP contribution is -2.42. The molecule has 1 rings (SSSR count). The summed E-state index contributed by atoms with van der Waals surface area (Å²) < 4.78 is 0. The van der Waals surface area contributed by atoms with Crippen LogP contribution in [0.3, 0.4) is 0 Å². The number of hydrogen-bond donors (Lipinski definition) is 2. The average molecular weight is 256 g/mol. The summed E-state index contributed by atoms with van der Waals surface area (Å²) in [7, 11) is 0. The van der Waals surface area contributed by atoms with Gasteiger partial charge in [0.25, 0.3) is 0 Å². The number of amides is 1. The van der Waals surface area contributed by atoms with Gasteiger partial charge in [-0.05, 0) is 19.8 Å². The molecule has 0 aliphatic carbocycles. The summed E-state index contributed by atoms with van der Waals surface area (Å²) in [5, 5.41) is 9.38. The van der Waals surface area contributed by atoms with E-state index in [1.807, 2.05) is 6.92 Å². The normalized spacial score (nSPS) is 27.0. The number of likely N-dealkylation sites (tertiary alicyclic amines) is 1. The Balaban J connectivity index is 2.75. The first-order valence-corrected chi connectivity index (χ1v) is 6.62. The number of carboxylic acids is 1. The lowest BCUT2D eigenvalue weighted by Gasteiger charge is -2.26. The third kappa shape index (κ3) is 2.83. The van der Waals surface area contributed by atoms with Crippen molar-refractivity contribution in [2.75, 3.05) is 13.1 Å². The van der Waals surface area contributed by atoms with E-state index < -0.39 is 11.4 Å². The number of aliphatic carboxylic acids is 1. The number of hydrogen-bond acceptors (Lipinski definition) is 3. The van der Waals surface area contributed by atoms with Gasteiger partial charge >= 0.3 is 5.97 Å². The minimum Gasteiger partial charge on any atom is -0.481 e. The largest absolute Gasteiger partial charge is 0.481 e. The van der Waals surface area contributed by atoms with Crippen LogP contribution in [0.15, 0.2) is 0 Å². The molecule has 0 aromatic heterocycles. The summed E-state index contributed by atoms with van der Waals surface area (Å²) in [6.07, 6.45) is 1.99. The van der Waals surface area contributed by atoms with Crippen molar-refractivity contribution in [3.8, 4) is 0 Å². The Morgan fingerprint density at radius 2 is 2.06 bits per heavy atom. The minimum atomic E-state index is -0.784. The van der Waals surface area contributed by atoms with E-state index in [1.54, 1.807) is 18.7 Å². The fourth-order valence-corrected chi connectivity index (χ4v) is 2.54. The summed E-state index contributed by atoms with van der Waals surface area (Å²) in [6.45, 7) is 6.43. The first kappa shape index (κ1) is 15.0. The van der Waals surface area contributed by atoms with E-state index in [0.717, 1.165) is 6.42 Å². The highest BCUT2D eigenvalue weighted by Crippen LogP contribution is 2.36. The standard InChI is InChI=1S/C13H24N2O3/c1-4-5-13(12(17)18)6-7-15(8-13)11(16)9(2)10(3)14/h9-10H,4-8,14H2,1-3H3,(H,17,18). The van der Waals surface area contributed by atoms with Crippen LogP contribution in [0.2, 0.25) is 0 Å². The number of rotatable bonds is 5. The Morgan fingerprint density at radius 3 is 2.50 bits per heavy atom. The van der Waals surface area contributed by atoms with Gasteiger partial charge in [-0.3, -0.25) is 9.59 Å². The third-order valence-corrected chi connectivity index (χ3v) is 4.03. The molecule has 0 aromatic rings. The molecule has 0 aromatic carbocycles. The van der Waals surface area contributed by atoms with Crippen molar-refractivity contribution in [2.45, 2.75) is 46.1 Å². The first-order chi connectivity index (χ1) is 8.34. The maximum Gasteiger partial charge on any atom is 0.311 e. The highest BCUT2D eigenvalue weighted by atomic mass is 16.4. The van der Waals surface area contributed by atoms with Crippen LogP contribution in [0.25, 0.3) is 0 Å². The summed E-state index contributed by atoms with van der Waals surface area (Å²) in [4.78, 5) is 25.2. The summed E-state index contributed by atoms with van der Waals surface area (Å²) >= 11 is 0. The zero-order chi connectivity index (χ0) is 13.9. The molecule has 0 saturated carbocycles. The number of nitrogens with zero attached hydrogens (tertiary/aromatic N) is 1. The molecule has 5 heteroatoms. The number of carbonyl (C=O) groups is 2. The predicted octanol–water partition coefficient (Wildman–Crippen LogP) is 1.07. The first-order valence-electron chi connectivity index (χ1n) is 6.62. The van der Waals surface area contributed by atoms with E-state index in [0.29, 0.717) is 25.9 Å². The Morgan fingerprint density at radius 1 is 1.44 bits per heavy atom. The lowest BCUT2D eigenvalue weighted by atomic mass is 9.83. The van der Waals surface area contributed by atoms with Crippen LogP contribution in [-0.4, -0.2) is 41.0 Å². The molecule has 104 valence electrons. The molecular weight excluding hydrogens is 232 g/mol. The highest BCUT2D eigenvalue weighted by Gasteiger charge is 2.46. The SMILES string of the molecule is CCCC1(C(=O)O)CCN(C(=O)C(C)C(C)N)C1. The van der Waals surface area contributed by atoms with Gasteiger partial charge in [-0.25, -0.2) is 0 Å². The molecule has 1 saturated heterocycles. The van der Waals surface area contributed by atoms with Crippen LogP contribution in [-0.2, 0) is 9.59 Å². The molecule has 5 nitrogen and oxygen atoms in total. The van der Waals surface area contributed by atoms with Crippen molar-refractivity contribution in [2.24, 2.45) is 17.1 Å². The zero-order valence-electron chi connectivity index (χ0n) is 11.5. The van der Waals surface area contributed by atoms with Crippen LogP contribution >= 0.6 is 0 Å². The van der Waals surface area contributed by atoms with Gasteiger partial charge in [0.2, 0.25) is 5.91 Å². The topological polar surface area (TPSA) is 83.6 Å². The van der Waals surface area contributed by atoms with Crippen molar-refractivity contribution in [3.63, 3.8) is 0 Å². The Bertz CT molecular complexity index is 330. The molecule has 3 unspecified atom stereocenters. The van der Waals surface area contributed by atoms with E-state index in [1.165, 1.54) is 0 Å². The van der Waals surface area contributed by atoms with Gasteiger partial charge in [-0.15, -0.1) is 0 Å². The maximum atomic E-state index is 12.2. The molecule has 1 amide bonds. The number of nitrogens with two attached hydrogens (primary N) is 1. The molecule has 3 atom stereocenters. The Kier molecular flexibility index (Phi) is 4.73. The molecule has 0 spiro atoms. The van der Waals surface area contributed by atoms with Gasteiger partial charge in [0.1, 0.15) is 0 Å². The number of carbonyl (C=O) groups excluding carboxylic acids is 1. The summed E-state index contributed by atoms with van der Waals surface area (Å²) in [5.74, 6) is -1.06. The second kappa shape index (κ2) is 5.69. The minimum absolute atomic E-state index is 0.0239. The molecule has 1 aliphatic heterocycles. The maximum absolute atomic E-state index is 12.2. The number of carboxylic acid groups (broad SMARTS) is 1. The molecule has 1 aliphatic rings. The van der Waals surface area contributed by atoms with E-state index in [2.05, 4.69) is 0 Å². The molecule has 18 heavy (non-hydrogen) atoms. The van der Waals surface area contributed by atoms with E-state index in [-0.39, 0.29) is 17.9 Å². The third-order valence-electron chi connectivity index (χ3n) is 4.03. The lowest BCUT2D eigenvalue weighted by molar-refractivity contribution is -0.149. The van der Waals surface area contributed by atoms with Crippen LogP contribution in [0, 0.1) is 11.3 Å². The molecule has 1 heterocycles. The van der Waals surface area contributed by atoms with Crippen molar-refractivity contribution >= 4 is 11.9 Å². The summed E-state index contributed by atoms with van der Waals surface area (Å²) in [5.41, 5.74) is 4.98. The second-order valence-corrected chi connectivity index (χ2v) is 5.49. The van der Waals surface area contributed by atoms with Crippen LogP contribution in [0.5, 0.6) is 0 Å². The van der Waals surface area contributed by atoms with Crippen LogP contribution < -0.4 is 5.73 Å². The van der Waals surface area contributed by atoms with E-state index in [9.17, 15) is 14.7 Å². The smallest absolute Gasteiger partial charge is 0.311 e. The highest BCUT2D eigenvalue weighted by molar-refractivity contribution is 5.82. The van der Waals surface area contributed by atoms with Gasteiger partial charge in [-0.1, -0.05) is 20.3 Å². The van der Waals surface area contributed by atoms with Crippen molar-refractivity contribution in [3.05, 3.63) is 0 Å². The van der Waals surface area contributed by atoms with Gasteiger partial charge in [-0.2, -0.15) is 0 Å². The fraction of sp³-hybridized carbons (Fsp3) is 0.846. The van der Waals surface area contributed by atoms with Crippen molar-refractivity contribution in [1.29, 1.82) is 0 Å². The Labute approximate surface area is 108 Å². The van der Waals surface area contributed by atoms with E-state index in [4.69, 9.17) is 5.73 Å². The average Bonchev–Trinajstić information content (AvgIpc) is 2.73. The zero-order valence-corrected chi connectivity index (χ0v) is 11.5. The molecule has 0 bridgehead atoms. The fourth-order valence-electron chi connectivity index (χ4n) is 2.54. The van der Waals surface area contributed by atoms with Gasteiger partial charge < -0.3 is 15.7 Å². The van der Waals surface area contributed by atoms with Crippen LogP contribution in [0.4, 0.5) is 0 Å². The van der Waals surface area contributed by atoms with Crippen molar-refractivity contribution in [1.82, 2.24) is 4.90 Å². The van der Waals surface area contributed by atoms with E-state index >= 15 is 0 Å².